The van der Waals surface area contributed by atoms with E-state index in [1.54, 1.807) is 6.92 Å². The van der Waals surface area contributed by atoms with Crippen LogP contribution in [0.15, 0.2) is 0 Å². The molecule has 2 atom stereocenters. The van der Waals surface area contributed by atoms with Gasteiger partial charge in [-0.1, -0.05) is 11.6 Å². The number of tetrazole rings is 1. The van der Waals surface area contributed by atoms with E-state index in [1.807, 2.05) is 7.05 Å². The minimum absolute atomic E-state index is 0.0104. The number of nitrogens with zero attached hydrogens (tertiary/aromatic N) is 4. The summed E-state index contributed by atoms with van der Waals surface area (Å²) in [6.07, 6.45) is 2.81. The van der Waals surface area contributed by atoms with Crippen LogP contribution < -0.4 is 10.0 Å². The van der Waals surface area contributed by atoms with Gasteiger partial charge in [0.1, 0.15) is 0 Å². The second-order valence-electron chi connectivity index (χ2n) is 4.93. The van der Waals surface area contributed by atoms with E-state index in [9.17, 15) is 8.42 Å². The quantitative estimate of drug-likeness (QED) is 0.631. The number of aromatic amines is 1. The van der Waals surface area contributed by atoms with Crippen molar-refractivity contribution in [1.82, 2.24) is 35.0 Å². The van der Waals surface area contributed by atoms with Gasteiger partial charge >= 0.3 is 0 Å². The molecule has 0 bridgehead atoms. The molecule has 0 radical (unpaired) electrons. The van der Waals surface area contributed by atoms with Crippen LogP contribution in [0.25, 0.3) is 0 Å². The summed E-state index contributed by atoms with van der Waals surface area (Å²) >= 11 is 0. The van der Waals surface area contributed by atoms with Crippen molar-refractivity contribution in [2.75, 3.05) is 20.1 Å². The van der Waals surface area contributed by atoms with Crippen LogP contribution in [0.1, 0.15) is 38.1 Å². The van der Waals surface area contributed by atoms with E-state index >= 15 is 0 Å². The van der Waals surface area contributed by atoms with Crippen molar-refractivity contribution in [3.63, 3.8) is 0 Å². The lowest BCUT2D eigenvalue weighted by atomic mass is 10.1. The minimum atomic E-state index is -3.56. The molecule has 1 saturated heterocycles. The summed E-state index contributed by atoms with van der Waals surface area (Å²) in [4.78, 5) is 0. The summed E-state index contributed by atoms with van der Waals surface area (Å²) in [5, 5.41) is 16.4. The van der Waals surface area contributed by atoms with E-state index in [-0.39, 0.29) is 6.04 Å². The Hall–Kier alpha value is -1.10. The molecule has 1 aromatic rings. The number of aromatic nitrogens is 4. The Morgan fingerprint density at radius 2 is 2.30 bits per heavy atom. The Kier molecular flexibility index (Phi) is 5.02. The molecule has 1 aliphatic rings. The van der Waals surface area contributed by atoms with Crippen molar-refractivity contribution in [3.8, 4) is 0 Å². The fraction of sp³-hybridized carbons (Fsp3) is 0.900. The van der Waals surface area contributed by atoms with Crippen LogP contribution in [0.2, 0.25) is 0 Å². The third kappa shape index (κ3) is 3.51. The van der Waals surface area contributed by atoms with Gasteiger partial charge in [0.25, 0.3) is 10.2 Å². The molecule has 3 N–H and O–H groups in total. The van der Waals surface area contributed by atoms with Gasteiger partial charge in [0.05, 0.1) is 6.04 Å². The first-order valence-electron chi connectivity index (χ1n) is 6.71. The van der Waals surface area contributed by atoms with Crippen LogP contribution in [-0.2, 0) is 10.2 Å². The molecule has 10 heteroatoms. The molecule has 9 nitrogen and oxygen atoms in total. The van der Waals surface area contributed by atoms with Crippen molar-refractivity contribution in [2.24, 2.45) is 0 Å². The Labute approximate surface area is 118 Å². The number of nitrogens with one attached hydrogen (secondary N) is 3. The van der Waals surface area contributed by atoms with E-state index in [1.165, 1.54) is 4.31 Å². The molecule has 0 spiro atoms. The Balaban J connectivity index is 2.08. The Bertz CT molecular complexity index is 502. The lowest BCUT2D eigenvalue weighted by Gasteiger charge is -2.35. The van der Waals surface area contributed by atoms with E-state index in [2.05, 4.69) is 30.7 Å². The number of H-pyrrole nitrogens is 1. The summed E-state index contributed by atoms with van der Waals surface area (Å²) in [5.41, 5.74) is 0. The highest BCUT2D eigenvalue weighted by molar-refractivity contribution is 7.87. The number of hydrogen-bond acceptors (Lipinski definition) is 6. The smallest absolute Gasteiger partial charge is 0.280 e. The van der Waals surface area contributed by atoms with Gasteiger partial charge in [-0.15, -0.1) is 10.2 Å². The lowest BCUT2D eigenvalue weighted by Crippen LogP contribution is -2.52. The molecule has 0 aromatic carbocycles. The molecule has 20 heavy (non-hydrogen) atoms. The van der Waals surface area contributed by atoms with Crippen LogP contribution in [0.5, 0.6) is 0 Å². The molecule has 1 aromatic heterocycles. The zero-order valence-electron chi connectivity index (χ0n) is 11.7. The summed E-state index contributed by atoms with van der Waals surface area (Å²) in [6.45, 7) is 2.89. The highest BCUT2D eigenvalue weighted by Crippen LogP contribution is 2.20. The van der Waals surface area contributed by atoms with Gasteiger partial charge in [-0.2, -0.15) is 22.7 Å². The first kappa shape index (κ1) is 15.3. The van der Waals surface area contributed by atoms with Gasteiger partial charge in [-0.3, -0.25) is 0 Å². The SMILES string of the molecule is CNCC1CCCCN1S(=O)(=O)NC(C)c1nn[nH]n1. The maximum absolute atomic E-state index is 12.5. The summed E-state index contributed by atoms with van der Waals surface area (Å²) in [5.74, 6) is 0.329. The fourth-order valence-electron chi connectivity index (χ4n) is 2.43. The molecule has 0 aliphatic carbocycles. The van der Waals surface area contributed by atoms with E-state index < -0.39 is 16.3 Å². The average molecular weight is 303 g/mol. The number of rotatable bonds is 6. The van der Waals surface area contributed by atoms with Crippen molar-refractivity contribution >= 4 is 10.2 Å². The van der Waals surface area contributed by atoms with Crippen LogP contribution in [0, 0.1) is 0 Å². The molecule has 1 aliphatic heterocycles. The molecule has 2 unspecified atom stereocenters. The zero-order valence-corrected chi connectivity index (χ0v) is 12.5. The summed E-state index contributed by atoms with van der Waals surface area (Å²) in [7, 11) is -1.73. The van der Waals surface area contributed by atoms with Crippen LogP contribution in [0.4, 0.5) is 0 Å². The van der Waals surface area contributed by atoms with Crippen LogP contribution in [0.3, 0.4) is 0 Å². The third-order valence-electron chi connectivity index (χ3n) is 3.40. The van der Waals surface area contributed by atoms with Crippen molar-refractivity contribution in [1.29, 1.82) is 0 Å². The predicted molar refractivity (Wildman–Crippen MR) is 72.9 cm³/mol. The molecule has 1 fully saturated rings. The number of hydrogen-bond donors (Lipinski definition) is 3. The lowest BCUT2D eigenvalue weighted by molar-refractivity contribution is 0.245. The topological polar surface area (TPSA) is 116 Å². The first-order valence-corrected chi connectivity index (χ1v) is 8.15. The second kappa shape index (κ2) is 6.57. The van der Waals surface area contributed by atoms with Gasteiger partial charge in [0.15, 0.2) is 5.82 Å². The van der Waals surface area contributed by atoms with Crippen LogP contribution in [-0.4, -0.2) is 59.5 Å². The normalized spacial score (nSPS) is 22.8. The minimum Gasteiger partial charge on any atom is -0.318 e. The zero-order chi connectivity index (χ0) is 14.6. The van der Waals surface area contributed by atoms with E-state index in [0.29, 0.717) is 18.9 Å². The molecule has 114 valence electrons. The average Bonchev–Trinajstić information content (AvgIpc) is 2.93. The van der Waals surface area contributed by atoms with Gasteiger partial charge in [0.2, 0.25) is 0 Å². The van der Waals surface area contributed by atoms with Gasteiger partial charge < -0.3 is 5.32 Å². The monoisotopic (exact) mass is 303 g/mol. The highest BCUT2D eigenvalue weighted by atomic mass is 32.2. The van der Waals surface area contributed by atoms with E-state index in [0.717, 1.165) is 19.3 Å². The van der Waals surface area contributed by atoms with Crippen LogP contribution >= 0.6 is 0 Å². The molecule has 0 amide bonds. The summed E-state index contributed by atoms with van der Waals surface area (Å²) in [6, 6.07) is -0.528. The Morgan fingerprint density at radius 1 is 1.50 bits per heavy atom. The molecular weight excluding hydrogens is 282 g/mol. The van der Waals surface area contributed by atoms with Crippen molar-refractivity contribution in [2.45, 2.75) is 38.3 Å². The highest BCUT2D eigenvalue weighted by Gasteiger charge is 2.33. The standard InChI is InChI=1S/C10H21N7O2S/c1-8(10-12-15-16-13-10)14-20(18,19)17-6-4-3-5-9(17)7-11-2/h8-9,11,14H,3-7H2,1-2H3,(H,12,13,15,16). The van der Waals surface area contributed by atoms with Crippen molar-refractivity contribution in [3.05, 3.63) is 5.82 Å². The number of piperidine rings is 1. The van der Waals surface area contributed by atoms with Crippen molar-refractivity contribution < 1.29 is 8.42 Å². The largest absolute Gasteiger partial charge is 0.318 e. The van der Waals surface area contributed by atoms with Gasteiger partial charge in [0, 0.05) is 19.1 Å². The maximum atomic E-state index is 12.5. The fourth-order valence-corrected chi connectivity index (χ4v) is 4.06. The van der Waals surface area contributed by atoms with Gasteiger partial charge in [-0.05, 0) is 26.8 Å². The molecule has 2 heterocycles. The molecule has 0 saturated carbocycles. The Morgan fingerprint density at radius 3 is 2.95 bits per heavy atom. The van der Waals surface area contributed by atoms with Gasteiger partial charge in [-0.25, -0.2) is 0 Å². The van der Waals surface area contributed by atoms with E-state index in [4.69, 9.17) is 0 Å². The molecule has 2 rings (SSSR count). The maximum Gasteiger partial charge on any atom is 0.280 e. The second-order valence-corrected chi connectivity index (χ2v) is 6.59. The summed E-state index contributed by atoms with van der Waals surface area (Å²) < 4.78 is 29.1. The third-order valence-corrected chi connectivity index (χ3v) is 5.15. The number of likely N-dealkylation sites (N-methyl/N-ethyl adjacent to an activating group) is 1. The first-order chi connectivity index (χ1) is 9.54. The predicted octanol–water partition coefficient (Wildman–Crippen LogP) is -0.831. The molecular formula is C10H21N7O2S.